The lowest BCUT2D eigenvalue weighted by molar-refractivity contribution is -0.0704. The fourth-order valence-electron chi connectivity index (χ4n) is 3.65. The summed E-state index contributed by atoms with van der Waals surface area (Å²) in [6.07, 6.45) is 0.450. The van der Waals surface area contributed by atoms with Crippen LogP contribution in [0, 0.1) is 0 Å². The molecule has 0 radical (unpaired) electrons. The SMILES string of the molecule is CC1CN(Cc2ccc3oc4cc(Cl)ccc4c(=O)c3c2)CC(C)O1. The summed E-state index contributed by atoms with van der Waals surface area (Å²) < 4.78 is 11.7. The first-order chi connectivity index (χ1) is 12.0. The normalized spacial score (nSPS) is 21.9. The van der Waals surface area contributed by atoms with Crippen LogP contribution in [0.15, 0.2) is 45.6 Å². The second-order valence-electron chi connectivity index (χ2n) is 6.85. The zero-order valence-electron chi connectivity index (χ0n) is 14.3. The molecule has 2 unspecified atom stereocenters. The number of fused-ring (bicyclic) bond motifs is 2. The molecule has 0 saturated carbocycles. The van der Waals surface area contributed by atoms with Crippen molar-refractivity contribution in [1.82, 2.24) is 4.90 Å². The molecule has 1 fully saturated rings. The van der Waals surface area contributed by atoms with Gasteiger partial charge in [0.25, 0.3) is 0 Å². The van der Waals surface area contributed by atoms with Crippen LogP contribution in [0.4, 0.5) is 0 Å². The van der Waals surface area contributed by atoms with E-state index in [2.05, 4.69) is 18.7 Å². The van der Waals surface area contributed by atoms with Gasteiger partial charge in [-0.25, -0.2) is 0 Å². The van der Waals surface area contributed by atoms with Gasteiger partial charge in [-0.15, -0.1) is 0 Å². The van der Waals surface area contributed by atoms with Gasteiger partial charge >= 0.3 is 0 Å². The number of halogens is 1. The number of ether oxygens (including phenoxy) is 1. The summed E-state index contributed by atoms with van der Waals surface area (Å²) in [6.45, 7) is 6.77. The summed E-state index contributed by atoms with van der Waals surface area (Å²) in [7, 11) is 0. The lowest BCUT2D eigenvalue weighted by Crippen LogP contribution is -2.44. The topological polar surface area (TPSA) is 42.7 Å². The predicted molar refractivity (Wildman–Crippen MR) is 100 cm³/mol. The Kier molecular flexibility index (Phi) is 4.28. The van der Waals surface area contributed by atoms with Crippen molar-refractivity contribution in [3.63, 3.8) is 0 Å². The second kappa shape index (κ2) is 6.45. The third-order valence-corrected chi connectivity index (χ3v) is 4.83. The van der Waals surface area contributed by atoms with Crippen LogP contribution < -0.4 is 5.43 Å². The Labute approximate surface area is 150 Å². The standard InChI is InChI=1S/C20H20ClNO3/c1-12-9-22(10-13(2)24-12)11-14-3-6-18-17(7-14)20(23)16-5-4-15(21)8-19(16)25-18/h3-8,12-13H,9-11H2,1-2H3. The van der Waals surface area contributed by atoms with E-state index < -0.39 is 0 Å². The molecule has 0 N–H and O–H groups in total. The fraction of sp³-hybridized carbons (Fsp3) is 0.350. The summed E-state index contributed by atoms with van der Waals surface area (Å²) in [4.78, 5) is 15.2. The molecule has 1 aliphatic heterocycles. The monoisotopic (exact) mass is 357 g/mol. The first-order valence-corrected chi connectivity index (χ1v) is 8.90. The molecule has 0 aliphatic carbocycles. The largest absolute Gasteiger partial charge is 0.456 e. The van der Waals surface area contributed by atoms with E-state index in [1.807, 2.05) is 18.2 Å². The molecule has 2 aromatic carbocycles. The van der Waals surface area contributed by atoms with Gasteiger partial charge in [-0.3, -0.25) is 9.69 Å². The minimum atomic E-state index is -0.0153. The zero-order chi connectivity index (χ0) is 17.6. The van der Waals surface area contributed by atoms with Crippen molar-refractivity contribution in [1.29, 1.82) is 0 Å². The van der Waals surface area contributed by atoms with Gasteiger partial charge in [0.1, 0.15) is 11.2 Å². The van der Waals surface area contributed by atoms with Crippen molar-refractivity contribution in [2.75, 3.05) is 13.1 Å². The highest BCUT2D eigenvalue weighted by Gasteiger charge is 2.22. The van der Waals surface area contributed by atoms with Crippen LogP contribution >= 0.6 is 11.6 Å². The molecular formula is C20H20ClNO3. The molecule has 130 valence electrons. The van der Waals surface area contributed by atoms with Gasteiger partial charge in [-0.05, 0) is 43.7 Å². The van der Waals surface area contributed by atoms with Gasteiger partial charge in [0.05, 0.1) is 23.0 Å². The zero-order valence-corrected chi connectivity index (χ0v) is 15.0. The maximum atomic E-state index is 12.8. The van der Waals surface area contributed by atoms with E-state index in [1.165, 1.54) is 0 Å². The number of benzene rings is 2. The van der Waals surface area contributed by atoms with Crippen LogP contribution in [-0.4, -0.2) is 30.2 Å². The average molecular weight is 358 g/mol. The molecule has 2 heterocycles. The van der Waals surface area contributed by atoms with E-state index in [4.69, 9.17) is 20.8 Å². The Hall–Kier alpha value is -1.88. The Morgan fingerprint density at radius 2 is 1.80 bits per heavy atom. The third-order valence-electron chi connectivity index (χ3n) is 4.60. The maximum Gasteiger partial charge on any atom is 0.200 e. The molecule has 4 rings (SSSR count). The Bertz CT molecular complexity index is 987. The van der Waals surface area contributed by atoms with Crippen molar-refractivity contribution < 1.29 is 9.15 Å². The Morgan fingerprint density at radius 1 is 1.04 bits per heavy atom. The van der Waals surface area contributed by atoms with E-state index in [0.717, 1.165) is 25.2 Å². The van der Waals surface area contributed by atoms with E-state index in [1.54, 1.807) is 18.2 Å². The highest BCUT2D eigenvalue weighted by molar-refractivity contribution is 6.31. The second-order valence-corrected chi connectivity index (χ2v) is 7.29. The number of hydrogen-bond donors (Lipinski definition) is 0. The summed E-state index contributed by atoms with van der Waals surface area (Å²) in [5.41, 5.74) is 2.20. The van der Waals surface area contributed by atoms with Gasteiger partial charge in [0, 0.05) is 30.7 Å². The maximum absolute atomic E-state index is 12.8. The van der Waals surface area contributed by atoms with Gasteiger partial charge < -0.3 is 9.15 Å². The Morgan fingerprint density at radius 3 is 2.56 bits per heavy atom. The van der Waals surface area contributed by atoms with Crippen LogP contribution in [0.25, 0.3) is 21.9 Å². The molecule has 1 aliphatic rings. The van der Waals surface area contributed by atoms with Crippen LogP contribution in [0.2, 0.25) is 5.02 Å². The predicted octanol–water partition coefficient (Wildman–Crippen LogP) is 4.21. The minimum Gasteiger partial charge on any atom is -0.456 e. The molecule has 0 amide bonds. The van der Waals surface area contributed by atoms with Crippen molar-refractivity contribution >= 4 is 33.5 Å². The number of nitrogens with zero attached hydrogens (tertiary/aromatic N) is 1. The van der Waals surface area contributed by atoms with Gasteiger partial charge in [0.15, 0.2) is 0 Å². The molecule has 4 nitrogen and oxygen atoms in total. The van der Waals surface area contributed by atoms with E-state index in [0.29, 0.717) is 27.0 Å². The van der Waals surface area contributed by atoms with Crippen LogP contribution in [0.1, 0.15) is 19.4 Å². The molecule has 5 heteroatoms. The van der Waals surface area contributed by atoms with Crippen molar-refractivity contribution in [2.45, 2.75) is 32.6 Å². The van der Waals surface area contributed by atoms with Gasteiger partial charge in [-0.2, -0.15) is 0 Å². The molecule has 25 heavy (non-hydrogen) atoms. The van der Waals surface area contributed by atoms with E-state index >= 15 is 0 Å². The van der Waals surface area contributed by atoms with Crippen LogP contribution in [-0.2, 0) is 11.3 Å². The average Bonchev–Trinajstić information content (AvgIpc) is 2.54. The van der Waals surface area contributed by atoms with Crippen LogP contribution in [0.3, 0.4) is 0 Å². The van der Waals surface area contributed by atoms with Crippen LogP contribution in [0.5, 0.6) is 0 Å². The van der Waals surface area contributed by atoms with Gasteiger partial charge in [0.2, 0.25) is 5.43 Å². The molecule has 0 spiro atoms. The third kappa shape index (κ3) is 3.30. The number of morpholine rings is 1. The Balaban J connectivity index is 1.72. The fourth-order valence-corrected chi connectivity index (χ4v) is 3.81. The summed E-state index contributed by atoms with van der Waals surface area (Å²) in [5.74, 6) is 0. The number of rotatable bonds is 2. The summed E-state index contributed by atoms with van der Waals surface area (Å²) in [5, 5.41) is 1.73. The summed E-state index contributed by atoms with van der Waals surface area (Å²) in [6, 6.07) is 11.0. The van der Waals surface area contributed by atoms with E-state index in [9.17, 15) is 4.79 Å². The van der Waals surface area contributed by atoms with Crippen molar-refractivity contribution in [3.05, 3.63) is 57.2 Å². The molecule has 1 saturated heterocycles. The molecular weight excluding hydrogens is 338 g/mol. The highest BCUT2D eigenvalue weighted by Crippen LogP contribution is 2.23. The lowest BCUT2D eigenvalue weighted by Gasteiger charge is -2.35. The number of hydrogen-bond acceptors (Lipinski definition) is 4. The van der Waals surface area contributed by atoms with Crippen molar-refractivity contribution in [2.24, 2.45) is 0 Å². The van der Waals surface area contributed by atoms with Crippen molar-refractivity contribution in [3.8, 4) is 0 Å². The molecule has 0 bridgehead atoms. The summed E-state index contributed by atoms with van der Waals surface area (Å²) >= 11 is 6.00. The smallest absolute Gasteiger partial charge is 0.200 e. The molecule has 1 aromatic heterocycles. The quantitative estimate of drug-likeness (QED) is 0.644. The highest BCUT2D eigenvalue weighted by atomic mass is 35.5. The first-order valence-electron chi connectivity index (χ1n) is 8.52. The lowest BCUT2D eigenvalue weighted by atomic mass is 10.1. The van der Waals surface area contributed by atoms with Gasteiger partial charge in [-0.1, -0.05) is 17.7 Å². The van der Waals surface area contributed by atoms with E-state index in [-0.39, 0.29) is 17.6 Å². The molecule has 3 aromatic rings. The molecule has 2 atom stereocenters. The minimum absolute atomic E-state index is 0.0153. The first kappa shape index (κ1) is 16.6.